The van der Waals surface area contributed by atoms with Crippen molar-refractivity contribution < 1.29 is 4.79 Å². The Balaban J connectivity index is 2.07. The molecule has 1 fully saturated rings. The van der Waals surface area contributed by atoms with Gasteiger partial charge in [0, 0.05) is 5.33 Å². The van der Waals surface area contributed by atoms with Crippen molar-refractivity contribution in [2.24, 2.45) is 5.92 Å². The quantitative estimate of drug-likeness (QED) is 0.861. The van der Waals surface area contributed by atoms with Crippen LogP contribution in [0.2, 0.25) is 0 Å². The lowest BCUT2D eigenvalue weighted by Gasteiger charge is -2.38. The molecule has 0 unspecified atom stereocenters. The van der Waals surface area contributed by atoms with E-state index >= 15 is 0 Å². The van der Waals surface area contributed by atoms with Crippen LogP contribution in [0, 0.1) is 12.8 Å². The molecule has 1 amide bonds. The number of nitrogens with zero attached hydrogens (tertiary/aromatic N) is 1. The largest absolute Gasteiger partial charge is 0.345 e. The Morgan fingerprint density at radius 1 is 1.61 bits per heavy atom. The highest BCUT2D eigenvalue weighted by Crippen LogP contribution is 2.33. The standard InChI is InChI=1S/C13H19BrN2OS/c1-9-3-5-13(7-14,6-4-9)16-12(17)11-10(2)15-8-18-11/h8-9H,3-7H2,1-2H3,(H,16,17). The van der Waals surface area contributed by atoms with Crippen molar-refractivity contribution in [3.63, 3.8) is 0 Å². The average molecular weight is 331 g/mol. The first-order valence-electron chi connectivity index (χ1n) is 6.35. The van der Waals surface area contributed by atoms with Crippen LogP contribution in [-0.2, 0) is 0 Å². The van der Waals surface area contributed by atoms with Gasteiger partial charge in [-0.15, -0.1) is 11.3 Å². The summed E-state index contributed by atoms with van der Waals surface area (Å²) >= 11 is 4.99. The summed E-state index contributed by atoms with van der Waals surface area (Å²) in [4.78, 5) is 17.2. The number of hydrogen-bond donors (Lipinski definition) is 1. The molecule has 0 atom stereocenters. The first kappa shape index (κ1) is 14.0. The Kier molecular flexibility index (Phi) is 4.43. The van der Waals surface area contributed by atoms with E-state index in [1.165, 1.54) is 24.2 Å². The molecule has 1 N–H and O–H groups in total. The normalized spacial score (nSPS) is 28.1. The number of amides is 1. The Labute approximate surface area is 121 Å². The number of hydrogen-bond acceptors (Lipinski definition) is 3. The van der Waals surface area contributed by atoms with Gasteiger partial charge in [0.1, 0.15) is 4.88 Å². The molecule has 0 aliphatic heterocycles. The molecule has 18 heavy (non-hydrogen) atoms. The smallest absolute Gasteiger partial charge is 0.263 e. The molecule has 0 spiro atoms. The van der Waals surface area contributed by atoms with Crippen LogP contribution < -0.4 is 5.32 Å². The highest BCUT2D eigenvalue weighted by molar-refractivity contribution is 9.09. The minimum absolute atomic E-state index is 0.0315. The Hall–Kier alpha value is -0.420. The van der Waals surface area contributed by atoms with Crippen molar-refractivity contribution in [2.75, 3.05) is 5.33 Å². The molecule has 1 heterocycles. The number of rotatable bonds is 3. The van der Waals surface area contributed by atoms with Crippen LogP contribution >= 0.6 is 27.3 Å². The zero-order valence-corrected chi connectivity index (χ0v) is 13.2. The average Bonchev–Trinajstić information content (AvgIpc) is 2.79. The van der Waals surface area contributed by atoms with Gasteiger partial charge >= 0.3 is 0 Å². The molecular formula is C13H19BrN2OS. The molecule has 1 aliphatic rings. The van der Waals surface area contributed by atoms with Crippen molar-refractivity contribution >= 4 is 33.2 Å². The van der Waals surface area contributed by atoms with Crippen molar-refractivity contribution in [3.8, 4) is 0 Å². The maximum absolute atomic E-state index is 12.3. The molecule has 100 valence electrons. The van der Waals surface area contributed by atoms with Crippen LogP contribution in [0.3, 0.4) is 0 Å². The van der Waals surface area contributed by atoms with Gasteiger partial charge in [-0.25, -0.2) is 4.98 Å². The van der Waals surface area contributed by atoms with E-state index in [1.54, 1.807) is 5.51 Å². The van der Waals surface area contributed by atoms with Gasteiger partial charge in [0.2, 0.25) is 0 Å². The third-order valence-corrected chi connectivity index (χ3v) is 5.82. The summed E-state index contributed by atoms with van der Waals surface area (Å²) in [5, 5.41) is 4.06. The monoisotopic (exact) mass is 330 g/mol. The van der Waals surface area contributed by atoms with Gasteiger partial charge in [-0.1, -0.05) is 22.9 Å². The molecule has 3 nitrogen and oxygen atoms in total. The highest BCUT2D eigenvalue weighted by Gasteiger charge is 2.35. The fourth-order valence-electron chi connectivity index (χ4n) is 2.42. The topological polar surface area (TPSA) is 42.0 Å². The number of carbonyl (C=O) groups is 1. The number of alkyl halides is 1. The minimum atomic E-state index is -0.0694. The van der Waals surface area contributed by atoms with E-state index in [2.05, 4.69) is 33.2 Å². The second kappa shape index (κ2) is 5.70. The number of aromatic nitrogens is 1. The number of nitrogens with one attached hydrogen (secondary N) is 1. The van der Waals surface area contributed by atoms with E-state index in [-0.39, 0.29) is 11.4 Å². The number of thiazole rings is 1. The second-order valence-electron chi connectivity index (χ2n) is 5.32. The molecule has 1 aromatic heterocycles. The van der Waals surface area contributed by atoms with Crippen LogP contribution in [-0.4, -0.2) is 21.8 Å². The molecule has 0 saturated heterocycles. The summed E-state index contributed by atoms with van der Waals surface area (Å²) in [6.07, 6.45) is 4.49. The fourth-order valence-corrected chi connectivity index (χ4v) is 3.82. The van der Waals surface area contributed by atoms with E-state index < -0.39 is 0 Å². The van der Waals surface area contributed by atoms with Crippen LogP contribution in [0.15, 0.2) is 5.51 Å². The first-order valence-corrected chi connectivity index (χ1v) is 8.35. The van der Waals surface area contributed by atoms with Crippen LogP contribution in [0.1, 0.15) is 48.0 Å². The molecule has 1 aromatic rings. The molecular weight excluding hydrogens is 312 g/mol. The summed E-state index contributed by atoms with van der Waals surface area (Å²) in [5.41, 5.74) is 2.49. The van der Waals surface area contributed by atoms with Gasteiger partial charge in [0.05, 0.1) is 16.7 Å². The van der Waals surface area contributed by atoms with Gasteiger partial charge < -0.3 is 5.32 Å². The Morgan fingerprint density at radius 2 is 2.28 bits per heavy atom. The Bertz CT molecular complexity index is 424. The van der Waals surface area contributed by atoms with Crippen LogP contribution in [0.25, 0.3) is 0 Å². The van der Waals surface area contributed by atoms with E-state index in [4.69, 9.17) is 0 Å². The predicted octanol–water partition coefficient (Wildman–Crippen LogP) is 3.53. The zero-order valence-electron chi connectivity index (χ0n) is 10.8. The predicted molar refractivity (Wildman–Crippen MR) is 78.5 cm³/mol. The van der Waals surface area contributed by atoms with Gasteiger partial charge in [-0.2, -0.15) is 0 Å². The second-order valence-corrected chi connectivity index (χ2v) is 6.73. The lowest BCUT2D eigenvalue weighted by Crippen LogP contribution is -2.52. The number of aryl methyl sites for hydroxylation is 1. The maximum atomic E-state index is 12.3. The Morgan fingerprint density at radius 3 is 2.78 bits per heavy atom. The fraction of sp³-hybridized carbons (Fsp3) is 0.692. The van der Waals surface area contributed by atoms with Gasteiger partial charge in [-0.05, 0) is 38.5 Å². The molecule has 0 radical (unpaired) electrons. The summed E-state index contributed by atoms with van der Waals surface area (Å²) < 4.78 is 0. The molecule has 1 aliphatic carbocycles. The van der Waals surface area contributed by atoms with Crippen molar-refractivity contribution in [2.45, 2.75) is 45.1 Å². The van der Waals surface area contributed by atoms with Gasteiger partial charge in [0.15, 0.2) is 0 Å². The number of halogens is 1. The van der Waals surface area contributed by atoms with Crippen LogP contribution in [0.5, 0.6) is 0 Å². The molecule has 5 heteroatoms. The molecule has 0 bridgehead atoms. The summed E-state index contributed by atoms with van der Waals surface area (Å²) in [6.45, 7) is 4.17. The lowest BCUT2D eigenvalue weighted by atomic mass is 9.78. The highest BCUT2D eigenvalue weighted by atomic mass is 79.9. The third-order valence-electron chi connectivity index (χ3n) is 3.82. The summed E-state index contributed by atoms with van der Waals surface area (Å²) in [7, 11) is 0. The molecule has 1 saturated carbocycles. The number of carbonyl (C=O) groups excluding carboxylic acids is 1. The molecule has 0 aromatic carbocycles. The summed E-state index contributed by atoms with van der Waals surface area (Å²) in [5.74, 6) is 0.809. The summed E-state index contributed by atoms with van der Waals surface area (Å²) in [6, 6.07) is 0. The van der Waals surface area contributed by atoms with Crippen LogP contribution in [0.4, 0.5) is 0 Å². The third kappa shape index (κ3) is 2.94. The van der Waals surface area contributed by atoms with Gasteiger partial charge in [-0.3, -0.25) is 4.79 Å². The maximum Gasteiger partial charge on any atom is 0.263 e. The van der Waals surface area contributed by atoms with Crippen molar-refractivity contribution in [3.05, 3.63) is 16.1 Å². The van der Waals surface area contributed by atoms with E-state index in [0.717, 1.165) is 34.7 Å². The SMILES string of the molecule is Cc1ncsc1C(=O)NC1(CBr)CCC(C)CC1. The zero-order chi connectivity index (χ0) is 13.2. The molecule has 2 rings (SSSR count). The van der Waals surface area contributed by atoms with E-state index in [0.29, 0.717) is 0 Å². The van der Waals surface area contributed by atoms with Gasteiger partial charge in [0.25, 0.3) is 5.91 Å². The lowest BCUT2D eigenvalue weighted by molar-refractivity contribution is 0.0878. The van der Waals surface area contributed by atoms with Crippen molar-refractivity contribution in [1.82, 2.24) is 10.3 Å². The minimum Gasteiger partial charge on any atom is -0.345 e. The van der Waals surface area contributed by atoms with E-state index in [9.17, 15) is 4.79 Å². The van der Waals surface area contributed by atoms with E-state index in [1.807, 2.05) is 6.92 Å². The first-order chi connectivity index (χ1) is 8.56. The van der Waals surface area contributed by atoms with Crippen molar-refractivity contribution in [1.29, 1.82) is 0 Å².